The van der Waals surface area contributed by atoms with Crippen LogP contribution in [0.4, 0.5) is 5.69 Å². The SMILES string of the molecule is Cc1ccccc1C(=O)N/C(=C/c1c2ccccc2cc2ccccc12)C(=O)Nc1ccccc1. The number of aryl methyl sites for hydroxylation is 1. The first-order valence-electron chi connectivity index (χ1n) is 11.5. The van der Waals surface area contributed by atoms with Gasteiger partial charge >= 0.3 is 0 Å². The number of fused-ring (bicyclic) bond motifs is 2. The minimum Gasteiger partial charge on any atom is -0.321 e. The van der Waals surface area contributed by atoms with E-state index in [4.69, 9.17) is 0 Å². The van der Waals surface area contributed by atoms with Crippen LogP contribution < -0.4 is 10.6 Å². The summed E-state index contributed by atoms with van der Waals surface area (Å²) in [6.45, 7) is 1.88. The molecule has 4 nitrogen and oxygen atoms in total. The highest BCUT2D eigenvalue weighted by molar-refractivity contribution is 6.14. The Morgan fingerprint density at radius 2 is 1.26 bits per heavy atom. The molecule has 0 aliphatic carbocycles. The quantitative estimate of drug-likeness (QED) is 0.228. The van der Waals surface area contributed by atoms with Gasteiger partial charge < -0.3 is 10.6 Å². The molecule has 0 saturated heterocycles. The number of carbonyl (C=O) groups is 2. The summed E-state index contributed by atoms with van der Waals surface area (Å²) in [4.78, 5) is 26.7. The van der Waals surface area contributed by atoms with Crippen LogP contribution in [0.3, 0.4) is 0 Å². The summed E-state index contributed by atoms with van der Waals surface area (Å²) in [6.07, 6.45) is 1.78. The van der Waals surface area contributed by atoms with E-state index in [1.165, 1.54) is 0 Å². The Morgan fingerprint density at radius 3 is 1.91 bits per heavy atom. The van der Waals surface area contributed by atoms with Crippen LogP contribution in [0.15, 0.2) is 115 Å². The van der Waals surface area contributed by atoms with Gasteiger partial charge in [0, 0.05) is 11.3 Å². The molecule has 170 valence electrons. The first kappa shape index (κ1) is 22.1. The van der Waals surface area contributed by atoms with Gasteiger partial charge in [0.1, 0.15) is 5.70 Å². The van der Waals surface area contributed by atoms with Crippen LogP contribution in [0, 0.1) is 6.92 Å². The lowest BCUT2D eigenvalue weighted by Crippen LogP contribution is -2.31. The molecule has 0 aliphatic heterocycles. The molecule has 0 aliphatic rings. The Balaban J connectivity index is 1.65. The summed E-state index contributed by atoms with van der Waals surface area (Å²) in [7, 11) is 0. The Kier molecular flexibility index (Phi) is 6.10. The molecule has 0 saturated carbocycles. The predicted octanol–water partition coefficient (Wildman–Crippen LogP) is 6.71. The average molecular weight is 457 g/mol. The van der Waals surface area contributed by atoms with E-state index >= 15 is 0 Å². The van der Waals surface area contributed by atoms with E-state index in [-0.39, 0.29) is 11.6 Å². The van der Waals surface area contributed by atoms with E-state index in [0.29, 0.717) is 11.3 Å². The fourth-order valence-corrected chi connectivity index (χ4v) is 4.24. The maximum Gasteiger partial charge on any atom is 0.272 e. The van der Waals surface area contributed by atoms with Gasteiger partial charge in [0.15, 0.2) is 0 Å². The smallest absolute Gasteiger partial charge is 0.272 e. The van der Waals surface area contributed by atoms with Crippen LogP contribution in [-0.2, 0) is 4.79 Å². The Labute approximate surface area is 203 Å². The minimum atomic E-state index is -0.393. The number of para-hydroxylation sites is 1. The molecule has 2 amide bonds. The van der Waals surface area contributed by atoms with Gasteiger partial charge in [0.2, 0.25) is 0 Å². The maximum atomic E-state index is 13.4. The van der Waals surface area contributed by atoms with E-state index in [1.54, 1.807) is 12.1 Å². The van der Waals surface area contributed by atoms with Crippen LogP contribution in [0.25, 0.3) is 27.6 Å². The summed E-state index contributed by atoms with van der Waals surface area (Å²) in [5.74, 6) is -0.725. The van der Waals surface area contributed by atoms with Gasteiger partial charge in [-0.25, -0.2) is 0 Å². The van der Waals surface area contributed by atoms with Crippen molar-refractivity contribution < 1.29 is 9.59 Å². The predicted molar refractivity (Wildman–Crippen MR) is 143 cm³/mol. The zero-order chi connectivity index (χ0) is 24.2. The summed E-state index contributed by atoms with van der Waals surface area (Å²) in [6, 6.07) is 34.8. The molecular formula is C31H24N2O2. The highest BCUT2D eigenvalue weighted by atomic mass is 16.2. The number of hydrogen-bond donors (Lipinski definition) is 2. The molecule has 2 N–H and O–H groups in total. The monoisotopic (exact) mass is 456 g/mol. The van der Waals surface area contributed by atoms with Gasteiger partial charge in [-0.15, -0.1) is 0 Å². The highest BCUT2D eigenvalue weighted by Gasteiger charge is 2.17. The van der Waals surface area contributed by atoms with Crippen molar-refractivity contribution in [3.05, 3.63) is 132 Å². The first-order chi connectivity index (χ1) is 17.1. The summed E-state index contributed by atoms with van der Waals surface area (Å²) in [5, 5.41) is 9.91. The van der Waals surface area contributed by atoms with Crippen LogP contribution in [0.1, 0.15) is 21.5 Å². The number of carbonyl (C=O) groups excluding carboxylic acids is 2. The third kappa shape index (κ3) is 4.68. The molecule has 0 aromatic heterocycles. The maximum absolute atomic E-state index is 13.4. The summed E-state index contributed by atoms with van der Waals surface area (Å²) >= 11 is 0. The van der Waals surface area contributed by atoms with Crippen LogP contribution in [0.2, 0.25) is 0 Å². The molecule has 4 heteroatoms. The van der Waals surface area contributed by atoms with Crippen molar-refractivity contribution >= 4 is 45.1 Å². The molecule has 0 unspecified atom stereocenters. The lowest BCUT2D eigenvalue weighted by molar-refractivity contribution is -0.113. The molecule has 0 atom stereocenters. The molecule has 5 aromatic rings. The van der Waals surface area contributed by atoms with Crippen LogP contribution in [-0.4, -0.2) is 11.8 Å². The Morgan fingerprint density at radius 1 is 0.686 bits per heavy atom. The summed E-state index contributed by atoms with van der Waals surface area (Å²) < 4.78 is 0. The second-order valence-corrected chi connectivity index (χ2v) is 8.38. The molecule has 0 heterocycles. The third-order valence-corrected chi connectivity index (χ3v) is 6.02. The molecule has 0 radical (unpaired) electrons. The van der Waals surface area contributed by atoms with Crippen molar-refractivity contribution in [1.82, 2.24) is 5.32 Å². The number of amides is 2. The van der Waals surface area contributed by atoms with Crippen molar-refractivity contribution in [2.24, 2.45) is 0 Å². The zero-order valence-corrected chi connectivity index (χ0v) is 19.3. The average Bonchev–Trinajstić information content (AvgIpc) is 2.88. The molecule has 5 aromatic carbocycles. The molecule has 0 fully saturated rings. The van der Waals surface area contributed by atoms with Gasteiger partial charge in [-0.2, -0.15) is 0 Å². The second kappa shape index (κ2) is 9.65. The third-order valence-electron chi connectivity index (χ3n) is 6.02. The van der Waals surface area contributed by atoms with Gasteiger partial charge in [0.05, 0.1) is 0 Å². The normalized spacial score (nSPS) is 11.4. The van der Waals surface area contributed by atoms with Crippen molar-refractivity contribution in [3.63, 3.8) is 0 Å². The number of hydrogen-bond acceptors (Lipinski definition) is 2. The van der Waals surface area contributed by atoms with Gasteiger partial charge in [-0.1, -0.05) is 84.9 Å². The van der Waals surface area contributed by atoms with E-state index in [9.17, 15) is 9.59 Å². The number of benzene rings is 5. The molecule has 5 rings (SSSR count). The number of rotatable bonds is 5. The molecular weight excluding hydrogens is 432 g/mol. The van der Waals surface area contributed by atoms with Crippen LogP contribution >= 0.6 is 0 Å². The largest absolute Gasteiger partial charge is 0.321 e. The van der Waals surface area contributed by atoms with Crippen molar-refractivity contribution in [3.8, 4) is 0 Å². The highest BCUT2D eigenvalue weighted by Crippen LogP contribution is 2.30. The standard InChI is InChI=1S/C31H24N2O2/c1-21-11-5-8-16-25(21)30(34)33-29(31(35)32-24-14-3-2-4-15-24)20-28-26-17-9-6-12-22(26)19-23-13-7-10-18-27(23)28/h2-20H,1H3,(H,32,35)(H,33,34)/b29-20+. The van der Waals surface area contributed by atoms with Crippen molar-refractivity contribution in [2.75, 3.05) is 5.32 Å². The Bertz CT molecular complexity index is 1530. The summed E-state index contributed by atoms with van der Waals surface area (Å²) in [5.41, 5.74) is 3.05. The topological polar surface area (TPSA) is 58.2 Å². The molecule has 0 bridgehead atoms. The minimum absolute atomic E-state index is 0.170. The molecule has 0 spiro atoms. The lowest BCUT2D eigenvalue weighted by atomic mass is 9.96. The van der Waals surface area contributed by atoms with Crippen LogP contribution in [0.5, 0.6) is 0 Å². The van der Waals surface area contributed by atoms with E-state index in [1.807, 2.05) is 91.9 Å². The van der Waals surface area contributed by atoms with E-state index in [0.717, 1.165) is 32.7 Å². The van der Waals surface area contributed by atoms with Gasteiger partial charge in [-0.3, -0.25) is 9.59 Å². The zero-order valence-electron chi connectivity index (χ0n) is 19.3. The Hall–Kier alpha value is -4.70. The fourth-order valence-electron chi connectivity index (χ4n) is 4.24. The van der Waals surface area contributed by atoms with E-state index in [2.05, 4.69) is 28.8 Å². The van der Waals surface area contributed by atoms with Crippen molar-refractivity contribution in [1.29, 1.82) is 0 Å². The number of anilines is 1. The fraction of sp³-hybridized carbons (Fsp3) is 0.0323. The van der Waals surface area contributed by atoms with E-state index < -0.39 is 5.91 Å². The lowest BCUT2D eigenvalue weighted by Gasteiger charge is -2.14. The second-order valence-electron chi connectivity index (χ2n) is 8.38. The van der Waals surface area contributed by atoms with Gasteiger partial charge in [0.25, 0.3) is 11.8 Å². The van der Waals surface area contributed by atoms with Gasteiger partial charge in [-0.05, 0) is 69.9 Å². The molecule has 35 heavy (non-hydrogen) atoms. The first-order valence-corrected chi connectivity index (χ1v) is 11.5. The number of nitrogens with one attached hydrogen (secondary N) is 2. The van der Waals surface area contributed by atoms with Crippen molar-refractivity contribution in [2.45, 2.75) is 6.92 Å².